The third-order valence-electron chi connectivity index (χ3n) is 12.1. The second kappa shape index (κ2) is 12.5. The third kappa shape index (κ3) is 4.98. The number of Topliss-reactive ketones (excluding diaryl/α,β-unsaturated/α-hetero) is 3. The highest BCUT2D eigenvalue weighted by Crippen LogP contribution is 2.65. The quantitative estimate of drug-likeness (QED) is 0.166. The van der Waals surface area contributed by atoms with E-state index in [0.29, 0.717) is 11.5 Å². The summed E-state index contributed by atoms with van der Waals surface area (Å²) in [7, 11) is 0. The summed E-state index contributed by atoms with van der Waals surface area (Å²) in [5.41, 5.74) is -2.25. The number of carbonyl (C=O) groups excluding carboxylic acids is 3. The minimum Gasteiger partial charge on any atom is -0.511 e. The van der Waals surface area contributed by atoms with Crippen LogP contribution in [0.2, 0.25) is 0 Å². The van der Waals surface area contributed by atoms with Gasteiger partial charge in [0.25, 0.3) is 0 Å². The van der Waals surface area contributed by atoms with Crippen molar-refractivity contribution in [3.63, 3.8) is 0 Å². The molecule has 0 bridgehead atoms. The van der Waals surface area contributed by atoms with Crippen LogP contribution in [0.5, 0.6) is 5.75 Å². The second-order valence-electron chi connectivity index (χ2n) is 15.9. The van der Waals surface area contributed by atoms with E-state index in [0.717, 1.165) is 48.1 Å². The van der Waals surface area contributed by atoms with E-state index in [1.54, 1.807) is 6.92 Å². The Morgan fingerprint density at radius 1 is 0.900 bits per heavy atom. The Kier molecular flexibility index (Phi) is 8.91. The lowest BCUT2D eigenvalue weighted by Crippen LogP contribution is -2.67. The van der Waals surface area contributed by atoms with Gasteiger partial charge in [0.15, 0.2) is 17.2 Å². The molecule has 264 valence electrons. The molecule has 0 heterocycles. The standard InChI is InChI=1S/C43H50O7/c1-8-12-25(13-9-2)20-26-16-17-29(28-15-11-10-14-27(26)28)30-18-19-32(45)34-31(30)21-41(6)22-42(7)35(23(3)4)37(46)33(24(5)44)39(48)43(42,50)40(49)36(41)38(34)47/h10-11,14-19,23,25,35,45-46,49-50H,8-9,12-13,20-22H2,1-7H3/t35?,41-,42-,43+/m1/s1. The van der Waals surface area contributed by atoms with Crippen molar-refractivity contribution < 1.29 is 34.8 Å². The van der Waals surface area contributed by atoms with Crippen LogP contribution in [0.3, 0.4) is 0 Å². The highest BCUT2D eigenvalue weighted by molar-refractivity contribution is 6.25. The molecule has 7 nitrogen and oxygen atoms in total. The van der Waals surface area contributed by atoms with E-state index in [9.17, 15) is 34.8 Å². The molecule has 0 saturated carbocycles. The number of aromatic hydroxyl groups is 1. The lowest BCUT2D eigenvalue weighted by molar-refractivity contribution is -0.171. The number of benzene rings is 3. The van der Waals surface area contributed by atoms with Crippen LogP contribution in [0.25, 0.3) is 21.9 Å². The number of phenols is 1. The lowest BCUT2D eigenvalue weighted by atomic mass is 9.44. The molecule has 3 aromatic carbocycles. The van der Waals surface area contributed by atoms with Crippen molar-refractivity contribution in [1.82, 2.24) is 0 Å². The summed E-state index contributed by atoms with van der Waals surface area (Å²) in [6.07, 6.45) is 5.85. The van der Waals surface area contributed by atoms with Crippen LogP contribution in [-0.2, 0) is 22.4 Å². The fraction of sp³-hybridized carbons (Fsp3) is 0.465. The van der Waals surface area contributed by atoms with Crippen molar-refractivity contribution in [3.05, 3.63) is 87.9 Å². The molecular formula is C43H50O7. The smallest absolute Gasteiger partial charge is 0.209 e. The first-order chi connectivity index (χ1) is 23.6. The molecule has 1 unspecified atom stereocenters. The van der Waals surface area contributed by atoms with Crippen LogP contribution in [0, 0.1) is 28.6 Å². The van der Waals surface area contributed by atoms with Crippen LogP contribution in [0.4, 0.5) is 0 Å². The molecule has 3 aliphatic rings. The molecule has 50 heavy (non-hydrogen) atoms. The average Bonchev–Trinajstić information content (AvgIpc) is 3.03. The van der Waals surface area contributed by atoms with E-state index in [2.05, 4.69) is 38.1 Å². The lowest BCUT2D eigenvalue weighted by Gasteiger charge is -2.59. The minimum absolute atomic E-state index is 0.0293. The van der Waals surface area contributed by atoms with E-state index in [-0.39, 0.29) is 35.6 Å². The molecule has 6 rings (SSSR count). The summed E-state index contributed by atoms with van der Waals surface area (Å²) in [6.45, 7) is 12.7. The zero-order valence-electron chi connectivity index (χ0n) is 30.3. The van der Waals surface area contributed by atoms with Gasteiger partial charge in [-0.3, -0.25) is 14.4 Å². The van der Waals surface area contributed by atoms with Gasteiger partial charge in [0.1, 0.15) is 22.8 Å². The largest absolute Gasteiger partial charge is 0.511 e. The molecule has 0 spiro atoms. The van der Waals surface area contributed by atoms with Crippen molar-refractivity contribution in [2.75, 3.05) is 0 Å². The molecule has 3 aliphatic carbocycles. The van der Waals surface area contributed by atoms with Crippen LogP contribution in [0.1, 0.15) is 102 Å². The second-order valence-corrected chi connectivity index (χ2v) is 15.9. The maximum absolute atomic E-state index is 14.6. The topological polar surface area (TPSA) is 132 Å². The number of phenolic OH excluding ortho intramolecular Hbond substituents is 1. The maximum atomic E-state index is 14.6. The van der Waals surface area contributed by atoms with Crippen molar-refractivity contribution in [3.8, 4) is 16.9 Å². The van der Waals surface area contributed by atoms with Gasteiger partial charge in [0.05, 0.1) is 5.56 Å². The van der Waals surface area contributed by atoms with Gasteiger partial charge in [-0.25, -0.2) is 0 Å². The van der Waals surface area contributed by atoms with Gasteiger partial charge in [-0.1, -0.05) is 110 Å². The summed E-state index contributed by atoms with van der Waals surface area (Å²) in [6, 6.07) is 15.9. The van der Waals surface area contributed by atoms with Crippen LogP contribution in [-0.4, -0.2) is 43.4 Å². The van der Waals surface area contributed by atoms with Gasteiger partial charge in [-0.05, 0) is 77.1 Å². The number of hydrogen-bond acceptors (Lipinski definition) is 7. The van der Waals surface area contributed by atoms with Gasteiger partial charge in [-0.15, -0.1) is 0 Å². The Balaban J connectivity index is 1.56. The number of ketones is 3. The normalized spacial score (nSPS) is 26.5. The molecule has 3 aromatic rings. The molecule has 0 fully saturated rings. The molecule has 0 saturated heterocycles. The van der Waals surface area contributed by atoms with Crippen LogP contribution >= 0.6 is 0 Å². The van der Waals surface area contributed by atoms with Gasteiger partial charge >= 0.3 is 0 Å². The SMILES string of the molecule is CCCC(CCC)Cc1ccc(-c2ccc(O)c3c2C[C@]2(C)C[C@]4(C)C(C(C)C)C(O)=C(C(C)=O)C(=O)[C@]4(O)C(O)=C2C3=O)c2ccccc12. The fourth-order valence-corrected chi connectivity index (χ4v) is 10.2. The summed E-state index contributed by atoms with van der Waals surface area (Å²) in [5, 5.41) is 49.3. The molecule has 0 aliphatic heterocycles. The molecule has 4 atom stereocenters. The molecule has 4 N–H and O–H groups in total. The zero-order valence-corrected chi connectivity index (χ0v) is 30.3. The fourth-order valence-electron chi connectivity index (χ4n) is 10.2. The molecule has 7 heteroatoms. The summed E-state index contributed by atoms with van der Waals surface area (Å²) in [5.74, 6) is -4.58. The van der Waals surface area contributed by atoms with Crippen LogP contribution in [0.15, 0.2) is 71.2 Å². The molecule has 0 amide bonds. The Hall–Kier alpha value is -4.23. The van der Waals surface area contributed by atoms with Crippen molar-refractivity contribution >= 4 is 28.1 Å². The Morgan fingerprint density at radius 3 is 2.12 bits per heavy atom. The highest BCUT2D eigenvalue weighted by Gasteiger charge is 2.71. The number of fused-ring (bicyclic) bond motifs is 4. The summed E-state index contributed by atoms with van der Waals surface area (Å²) >= 11 is 0. The summed E-state index contributed by atoms with van der Waals surface area (Å²) < 4.78 is 0. The predicted molar refractivity (Wildman–Crippen MR) is 195 cm³/mol. The summed E-state index contributed by atoms with van der Waals surface area (Å²) in [4.78, 5) is 41.3. The van der Waals surface area contributed by atoms with E-state index in [1.165, 1.54) is 24.5 Å². The first kappa shape index (κ1) is 35.6. The van der Waals surface area contributed by atoms with Gasteiger partial charge < -0.3 is 20.4 Å². The van der Waals surface area contributed by atoms with Crippen molar-refractivity contribution in [1.29, 1.82) is 0 Å². The van der Waals surface area contributed by atoms with E-state index in [1.807, 2.05) is 39.0 Å². The molecule has 0 radical (unpaired) electrons. The Bertz CT molecular complexity index is 1990. The highest BCUT2D eigenvalue weighted by atomic mass is 16.3. The molecule has 0 aromatic heterocycles. The number of rotatable bonds is 9. The minimum atomic E-state index is -2.64. The van der Waals surface area contributed by atoms with Gasteiger partial charge in [-0.2, -0.15) is 0 Å². The van der Waals surface area contributed by atoms with Crippen molar-refractivity contribution in [2.24, 2.45) is 28.6 Å². The van der Waals surface area contributed by atoms with Crippen LogP contribution < -0.4 is 0 Å². The maximum Gasteiger partial charge on any atom is 0.209 e. The number of carbonyl (C=O) groups is 3. The number of hydrogen-bond donors (Lipinski definition) is 4. The van der Waals surface area contributed by atoms with E-state index >= 15 is 0 Å². The van der Waals surface area contributed by atoms with Gasteiger partial charge in [0.2, 0.25) is 5.78 Å². The first-order valence-corrected chi connectivity index (χ1v) is 18.1. The molecular weight excluding hydrogens is 628 g/mol. The van der Waals surface area contributed by atoms with Crippen molar-refractivity contribution in [2.45, 2.75) is 99.0 Å². The Labute approximate surface area is 294 Å². The monoisotopic (exact) mass is 678 g/mol. The predicted octanol–water partition coefficient (Wildman–Crippen LogP) is 8.93. The average molecular weight is 679 g/mol. The van der Waals surface area contributed by atoms with Gasteiger partial charge in [0, 0.05) is 22.3 Å². The Morgan fingerprint density at radius 2 is 1.52 bits per heavy atom. The number of aliphatic hydroxyl groups excluding tert-OH is 2. The van der Waals surface area contributed by atoms with E-state index in [4.69, 9.17) is 0 Å². The number of allylic oxidation sites excluding steroid dienone is 2. The first-order valence-electron chi connectivity index (χ1n) is 18.1. The third-order valence-corrected chi connectivity index (χ3v) is 12.1. The number of aliphatic hydroxyl groups is 3. The zero-order chi connectivity index (χ0) is 36.5. The van der Waals surface area contributed by atoms with E-state index < -0.39 is 56.8 Å².